The third kappa shape index (κ3) is 6.65. The first kappa shape index (κ1) is 23.6. The summed E-state index contributed by atoms with van der Waals surface area (Å²) in [4.78, 5) is 22.9. The van der Waals surface area contributed by atoms with Gasteiger partial charge >= 0.3 is 0 Å². The number of nitrogens with zero attached hydrogens (tertiary/aromatic N) is 4. The summed E-state index contributed by atoms with van der Waals surface area (Å²) < 4.78 is 5.25. The molecular formula is C21H34IN5O2. The fourth-order valence-electron chi connectivity index (χ4n) is 3.74. The van der Waals surface area contributed by atoms with Gasteiger partial charge in [0, 0.05) is 52.0 Å². The third-order valence-electron chi connectivity index (χ3n) is 5.57. The van der Waals surface area contributed by atoms with Crippen LogP contribution in [0.4, 0.5) is 5.69 Å². The Hall–Kier alpha value is -1.71. The first-order valence-corrected chi connectivity index (χ1v) is 10.2. The molecule has 1 N–H and O–H groups in total. The topological polar surface area (TPSA) is 60.4 Å². The van der Waals surface area contributed by atoms with Gasteiger partial charge in [-0.15, -0.1) is 24.0 Å². The van der Waals surface area contributed by atoms with Crippen molar-refractivity contribution in [2.75, 3.05) is 58.8 Å². The zero-order valence-corrected chi connectivity index (χ0v) is 20.1. The molecule has 2 fully saturated rings. The van der Waals surface area contributed by atoms with Crippen LogP contribution in [0.15, 0.2) is 29.3 Å². The Morgan fingerprint density at radius 1 is 1.14 bits per heavy atom. The van der Waals surface area contributed by atoms with Crippen molar-refractivity contribution in [2.24, 2.45) is 4.99 Å². The first-order chi connectivity index (χ1) is 13.6. The van der Waals surface area contributed by atoms with Gasteiger partial charge in [0.05, 0.1) is 7.11 Å². The Morgan fingerprint density at radius 3 is 2.31 bits per heavy atom. The maximum Gasteiger partial charge on any atom is 0.243 e. The van der Waals surface area contributed by atoms with Crippen molar-refractivity contribution in [2.45, 2.75) is 31.7 Å². The van der Waals surface area contributed by atoms with Crippen molar-refractivity contribution < 1.29 is 9.53 Å². The average Bonchev–Trinajstić information content (AvgIpc) is 3.24. The van der Waals surface area contributed by atoms with Gasteiger partial charge in [-0.2, -0.15) is 0 Å². The molecule has 0 spiro atoms. The molecule has 0 unspecified atom stereocenters. The molecule has 0 atom stereocenters. The van der Waals surface area contributed by atoms with Crippen LogP contribution < -0.4 is 15.0 Å². The van der Waals surface area contributed by atoms with Crippen LogP contribution in [0, 0.1) is 0 Å². The molecule has 0 radical (unpaired) electrons. The summed E-state index contributed by atoms with van der Waals surface area (Å²) in [6.07, 6.45) is 4.92. The second-order valence-electron chi connectivity index (χ2n) is 7.73. The van der Waals surface area contributed by atoms with E-state index in [4.69, 9.17) is 4.74 Å². The number of carbonyl (C=O) groups is 1. The molecular weight excluding hydrogens is 481 g/mol. The van der Waals surface area contributed by atoms with Crippen LogP contribution in [0.25, 0.3) is 0 Å². The number of halogens is 1. The van der Waals surface area contributed by atoms with Gasteiger partial charge < -0.3 is 24.8 Å². The van der Waals surface area contributed by atoms with Crippen LogP contribution in [0.5, 0.6) is 5.75 Å². The van der Waals surface area contributed by atoms with Gasteiger partial charge in [-0.05, 0) is 37.1 Å². The summed E-state index contributed by atoms with van der Waals surface area (Å²) in [7, 11) is 5.23. The maximum absolute atomic E-state index is 12.0. The van der Waals surface area contributed by atoms with Crippen LogP contribution in [0.3, 0.4) is 0 Å². The fourth-order valence-corrected chi connectivity index (χ4v) is 3.74. The maximum atomic E-state index is 12.0. The zero-order chi connectivity index (χ0) is 19.9. The Morgan fingerprint density at radius 2 is 1.76 bits per heavy atom. The molecule has 1 amide bonds. The lowest BCUT2D eigenvalue weighted by Crippen LogP contribution is -2.54. The molecule has 1 heterocycles. The van der Waals surface area contributed by atoms with Crippen molar-refractivity contribution in [3.63, 3.8) is 0 Å². The fraction of sp³-hybridized carbons (Fsp3) is 0.619. The van der Waals surface area contributed by atoms with Crippen LogP contribution in [0.2, 0.25) is 0 Å². The van der Waals surface area contributed by atoms with E-state index in [0.29, 0.717) is 6.04 Å². The molecule has 8 heteroatoms. The van der Waals surface area contributed by atoms with E-state index in [-0.39, 0.29) is 36.4 Å². The molecule has 1 aromatic rings. The van der Waals surface area contributed by atoms with Gasteiger partial charge in [0.25, 0.3) is 0 Å². The molecule has 162 valence electrons. The van der Waals surface area contributed by atoms with Crippen LogP contribution >= 0.6 is 24.0 Å². The van der Waals surface area contributed by atoms with E-state index >= 15 is 0 Å². The van der Waals surface area contributed by atoms with Crippen LogP contribution in [-0.4, -0.2) is 81.6 Å². The van der Waals surface area contributed by atoms with E-state index in [2.05, 4.69) is 32.2 Å². The number of benzene rings is 1. The number of methoxy groups -OCH3 is 1. The van der Waals surface area contributed by atoms with Gasteiger partial charge in [-0.3, -0.25) is 4.79 Å². The summed E-state index contributed by atoms with van der Waals surface area (Å²) in [6.45, 7) is 3.83. The summed E-state index contributed by atoms with van der Waals surface area (Å²) in [6, 6.07) is 8.70. The minimum absolute atomic E-state index is 0. The van der Waals surface area contributed by atoms with Crippen molar-refractivity contribution in [1.29, 1.82) is 0 Å². The number of rotatable bonds is 5. The third-order valence-corrected chi connectivity index (χ3v) is 5.57. The van der Waals surface area contributed by atoms with Crippen molar-refractivity contribution >= 4 is 41.5 Å². The highest BCUT2D eigenvalue weighted by Crippen LogP contribution is 2.21. The number of amides is 1. The lowest BCUT2D eigenvalue weighted by atomic mass is 10.2. The Labute approximate surface area is 191 Å². The van der Waals surface area contributed by atoms with Crippen molar-refractivity contribution in [3.8, 4) is 5.75 Å². The Kier molecular flexibility index (Phi) is 9.32. The Bertz CT molecular complexity index is 666. The quantitative estimate of drug-likeness (QED) is 0.371. The van der Waals surface area contributed by atoms with Crippen LogP contribution in [-0.2, 0) is 4.79 Å². The van der Waals surface area contributed by atoms with Gasteiger partial charge in [-0.25, -0.2) is 4.99 Å². The molecule has 1 aromatic carbocycles. The highest BCUT2D eigenvalue weighted by atomic mass is 127. The average molecular weight is 515 g/mol. The molecule has 1 aliphatic carbocycles. The van der Waals surface area contributed by atoms with Gasteiger partial charge in [0.2, 0.25) is 5.91 Å². The molecule has 2 aliphatic rings. The van der Waals surface area contributed by atoms with Gasteiger partial charge in [0.1, 0.15) is 12.3 Å². The molecule has 1 saturated carbocycles. The first-order valence-electron chi connectivity index (χ1n) is 10.2. The standard InChI is InChI=1S/C21H33N5O2.HI/c1-24(2)20(27)16-22-21(23-17-6-4-5-7-17)26-14-12-25(13-15-26)18-8-10-19(28-3)11-9-18;/h8-11,17H,4-7,12-16H2,1-3H3,(H,22,23);1H. The van der Waals surface area contributed by atoms with E-state index in [1.807, 2.05) is 12.1 Å². The number of hydrogen-bond acceptors (Lipinski definition) is 4. The smallest absolute Gasteiger partial charge is 0.243 e. The SMILES string of the molecule is COc1ccc(N2CCN(C(=NCC(=O)N(C)C)NC3CCCC3)CC2)cc1.I. The number of aliphatic imine (C=N–C) groups is 1. The predicted octanol–water partition coefficient (Wildman–Crippen LogP) is 2.41. The van der Waals surface area contributed by atoms with E-state index in [1.54, 1.807) is 26.1 Å². The Balaban J connectivity index is 0.00000300. The van der Waals surface area contributed by atoms with E-state index < -0.39 is 0 Å². The lowest BCUT2D eigenvalue weighted by molar-refractivity contribution is -0.127. The number of hydrogen-bond donors (Lipinski definition) is 1. The van der Waals surface area contributed by atoms with Crippen molar-refractivity contribution in [1.82, 2.24) is 15.1 Å². The van der Waals surface area contributed by atoms with Gasteiger partial charge in [-0.1, -0.05) is 12.8 Å². The van der Waals surface area contributed by atoms with E-state index in [9.17, 15) is 4.79 Å². The number of anilines is 1. The second-order valence-corrected chi connectivity index (χ2v) is 7.73. The number of ether oxygens (including phenoxy) is 1. The highest BCUT2D eigenvalue weighted by Gasteiger charge is 2.24. The normalized spacial score (nSPS) is 17.7. The number of nitrogens with one attached hydrogen (secondary N) is 1. The lowest BCUT2D eigenvalue weighted by Gasteiger charge is -2.38. The summed E-state index contributed by atoms with van der Waals surface area (Å²) in [5, 5.41) is 3.62. The second kappa shape index (κ2) is 11.5. The molecule has 0 aromatic heterocycles. The molecule has 29 heavy (non-hydrogen) atoms. The number of piperazine rings is 1. The molecule has 1 aliphatic heterocycles. The molecule has 1 saturated heterocycles. The monoisotopic (exact) mass is 515 g/mol. The number of likely N-dealkylation sites (N-methyl/N-ethyl adjacent to an activating group) is 1. The summed E-state index contributed by atoms with van der Waals surface area (Å²) in [5.41, 5.74) is 1.21. The molecule has 3 rings (SSSR count). The molecule has 7 nitrogen and oxygen atoms in total. The van der Waals surface area contributed by atoms with Crippen molar-refractivity contribution in [3.05, 3.63) is 24.3 Å². The highest BCUT2D eigenvalue weighted by molar-refractivity contribution is 14.0. The molecule has 0 bridgehead atoms. The van der Waals surface area contributed by atoms with E-state index in [1.165, 1.54) is 31.4 Å². The summed E-state index contributed by atoms with van der Waals surface area (Å²) in [5.74, 6) is 1.79. The number of guanidine groups is 1. The largest absolute Gasteiger partial charge is 0.497 e. The zero-order valence-electron chi connectivity index (χ0n) is 17.8. The minimum atomic E-state index is 0. The predicted molar refractivity (Wildman–Crippen MR) is 129 cm³/mol. The van der Waals surface area contributed by atoms with E-state index in [0.717, 1.165) is 37.9 Å². The van der Waals surface area contributed by atoms with Crippen LogP contribution in [0.1, 0.15) is 25.7 Å². The minimum Gasteiger partial charge on any atom is -0.497 e. The summed E-state index contributed by atoms with van der Waals surface area (Å²) >= 11 is 0. The van der Waals surface area contributed by atoms with Gasteiger partial charge in [0.15, 0.2) is 5.96 Å². The number of carbonyl (C=O) groups excluding carboxylic acids is 1.